The lowest BCUT2D eigenvalue weighted by atomic mass is 9.86. The standard InChI is InChI=1S/C29H26N4O2/c1-29(2,3)25(28-32-26(33-35-28)20-14-8-5-9-15-20)31-27(34)22-18-24(19-12-6-4-7-13-19)30-23-17-11-10-16-21(22)23/h4-18,25H,1-3H3,(H,31,34)/t25-/m1/s1. The Balaban J connectivity index is 1.53. The smallest absolute Gasteiger partial charge is 0.252 e. The third-order valence-corrected chi connectivity index (χ3v) is 5.89. The minimum atomic E-state index is -0.493. The predicted octanol–water partition coefficient (Wildman–Crippen LogP) is 6.47. The van der Waals surface area contributed by atoms with Gasteiger partial charge in [-0.25, -0.2) is 4.98 Å². The van der Waals surface area contributed by atoms with Crippen LogP contribution in [0.2, 0.25) is 0 Å². The molecule has 174 valence electrons. The predicted molar refractivity (Wildman–Crippen MR) is 137 cm³/mol. The maximum absolute atomic E-state index is 13.7. The number of nitrogens with zero attached hydrogens (tertiary/aromatic N) is 3. The number of pyridine rings is 1. The molecule has 0 bridgehead atoms. The summed E-state index contributed by atoms with van der Waals surface area (Å²) in [6.07, 6.45) is 0. The molecule has 0 unspecified atom stereocenters. The number of aromatic nitrogens is 3. The number of hydrogen-bond acceptors (Lipinski definition) is 5. The Morgan fingerprint density at radius 2 is 1.46 bits per heavy atom. The van der Waals surface area contributed by atoms with E-state index in [1.807, 2.05) is 112 Å². The van der Waals surface area contributed by atoms with Gasteiger partial charge in [0.1, 0.15) is 6.04 Å². The molecule has 0 saturated carbocycles. The van der Waals surface area contributed by atoms with Crippen LogP contribution in [-0.2, 0) is 0 Å². The fraction of sp³-hybridized carbons (Fsp3) is 0.172. The molecule has 0 saturated heterocycles. The molecule has 35 heavy (non-hydrogen) atoms. The van der Waals surface area contributed by atoms with Gasteiger partial charge in [0.05, 0.1) is 16.8 Å². The SMILES string of the molecule is CC(C)(C)[C@H](NC(=O)c1cc(-c2ccccc2)nc2ccccc12)c1nc(-c2ccccc2)no1. The summed E-state index contributed by atoms with van der Waals surface area (Å²) in [6.45, 7) is 6.10. The number of carbonyl (C=O) groups is 1. The Morgan fingerprint density at radius 1 is 0.829 bits per heavy atom. The largest absolute Gasteiger partial charge is 0.340 e. The third-order valence-electron chi connectivity index (χ3n) is 5.89. The molecular formula is C29H26N4O2. The highest BCUT2D eigenvalue weighted by Gasteiger charge is 2.33. The Hall–Kier alpha value is -4.32. The molecule has 2 aromatic heterocycles. The Kier molecular flexibility index (Phi) is 5.87. The normalized spacial score (nSPS) is 12.4. The fourth-order valence-electron chi connectivity index (χ4n) is 4.03. The lowest BCUT2D eigenvalue weighted by Gasteiger charge is -2.28. The second-order valence-electron chi connectivity index (χ2n) is 9.53. The highest BCUT2D eigenvalue weighted by Crippen LogP contribution is 2.34. The zero-order chi connectivity index (χ0) is 24.4. The maximum atomic E-state index is 13.7. The summed E-state index contributed by atoms with van der Waals surface area (Å²) >= 11 is 0. The van der Waals surface area contributed by atoms with Gasteiger partial charge in [0.15, 0.2) is 0 Å². The van der Waals surface area contributed by atoms with Crippen LogP contribution >= 0.6 is 0 Å². The molecular weight excluding hydrogens is 436 g/mol. The molecule has 5 rings (SSSR count). The molecule has 0 aliphatic carbocycles. The second kappa shape index (κ2) is 9.14. The lowest BCUT2D eigenvalue weighted by Crippen LogP contribution is -2.37. The fourth-order valence-corrected chi connectivity index (χ4v) is 4.03. The van der Waals surface area contributed by atoms with E-state index >= 15 is 0 Å². The van der Waals surface area contributed by atoms with Crippen molar-refractivity contribution in [1.29, 1.82) is 0 Å². The molecule has 3 aromatic carbocycles. The van der Waals surface area contributed by atoms with Gasteiger partial charge in [-0.3, -0.25) is 4.79 Å². The van der Waals surface area contributed by atoms with E-state index in [0.717, 1.165) is 27.7 Å². The molecule has 0 radical (unpaired) electrons. The Morgan fingerprint density at radius 3 is 2.14 bits per heavy atom. The van der Waals surface area contributed by atoms with E-state index in [9.17, 15) is 4.79 Å². The van der Waals surface area contributed by atoms with Gasteiger partial charge in [0.2, 0.25) is 11.7 Å². The van der Waals surface area contributed by atoms with E-state index in [1.165, 1.54) is 0 Å². The highest BCUT2D eigenvalue weighted by molar-refractivity contribution is 6.07. The summed E-state index contributed by atoms with van der Waals surface area (Å²) in [4.78, 5) is 23.1. The molecule has 1 amide bonds. The van der Waals surface area contributed by atoms with Gasteiger partial charge in [-0.2, -0.15) is 4.98 Å². The number of nitrogens with one attached hydrogen (secondary N) is 1. The molecule has 1 atom stereocenters. The topological polar surface area (TPSA) is 80.9 Å². The third kappa shape index (κ3) is 4.68. The van der Waals surface area contributed by atoms with Gasteiger partial charge < -0.3 is 9.84 Å². The van der Waals surface area contributed by atoms with Crippen molar-refractivity contribution in [3.05, 3.63) is 102 Å². The molecule has 6 heteroatoms. The second-order valence-corrected chi connectivity index (χ2v) is 9.53. The van der Waals surface area contributed by atoms with Gasteiger partial charge in [0, 0.05) is 16.5 Å². The summed E-state index contributed by atoms with van der Waals surface area (Å²) in [5.41, 5.74) is 3.48. The summed E-state index contributed by atoms with van der Waals surface area (Å²) in [5.74, 6) is 0.635. The van der Waals surface area contributed by atoms with Crippen molar-refractivity contribution >= 4 is 16.8 Å². The highest BCUT2D eigenvalue weighted by atomic mass is 16.5. The van der Waals surface area contributed by atoms with Crippen LogP contribution in [0.3, 0.4) is 0 Å². The van der Waals surface area contributed by atoms with Crippen molar-refractivity contribution < 1.29 is 9.32 Å². The summed E-state index contributed by atoms with van der Waals surface area (Å²) in [5, 5.41) is 8.10. The van der Waals surface area contributed by atoms with E-state index in [4.69, 9.17) is 9.51 Å². The number of para-hydroxylation sites is 1. The van der Waals surface area contributed by atoms with Gasteiger partial charge in [0.25, 0.3) is 5.91 Å². The first-order chi connectivity index (χ1) is 16.9. The van der Waals surface area contributed by atoms with Gasteiger partial charge in [-0.15, -0.1) is 0 Å². The molecule has 0 aliphatic heterocycles. The minimum absolute atomic E-state index is 0.222. The van der Waals surface area contributed by atoms with E-state index in [2.05, 4.69) is 15.5 Å². The Labute approximate surface area is 204 Å². The first-order valence-electron chi connectivity index (χ1n) is 11.6. The number of hydrogen-bond donors (Lipinski definition) is 1. The van der Waals surface area contributed by atoms with Gasteiger partial charge in [-0.1, -0.05) is 105 Å². The van der Waals surface area contributed by atoms with Crippen LogP contribution < -0.4 is 5.32 Å². The zero-order valence-corrected chi connectivity index (χ0v) is 19.9. The lowest BCUT2D eigenvalue weighted by molar-refractivity contribution is 0.0882. The minimum Gasteiger partial charge on any atom is -0.340 e. The molecule has 2 heterocycles. The molecule has 0 spiro atoms. The van der Waals surface area contributed by atoms with Crippen LogP contribution in [0, 0.1) is 5.41 Å². The number of rotatable bonds is 5. The van der Waals surface area contributed by atoms with Gasteiger partial charge >= 0.3 is 0 Å². The van der Waals surface area contributed by atoms with Crippen LogP contribution in [0.15, 0.2) is 95.5 Å². The van der Waals surface area contributed by atoms with Crippen molar-refractivity contribution in [2.75, 3.05) is 0 Å². The molecule has 1 N–H and O–H groups in total. The Bertz CT molecular complexity index is 1470. The van der Waals surface area contributed by atoms with Crippen molar-refractivity contribution in [2.24, 2.45) is 5.41 Å². The monoisotopic (exact) mass is 462 g/mol. The number of amides is 1. The van der Waals surface area contributed by atoms with Crippen molar-refractivity contribution in [3.8, 4) is 22.6 Å². The summed E-state index contributed by atoms with van der Waals surface area (Å²) in [7, 11) is 0. The first kappa shape index (κ1) is 22.5. The quantitative estimate of drug-likeness (QED) is 0.324. The number of benzene rings is 3. The maximum Gasteiger partial charge on any atom is 0.252 e. The van der Waals surface area contributed by atoms with E-state index in [-0.39, 0.29) is 11.3 Å². The van der Waals surface area contributed by atoms with Crippen molar-refractivity contribution in [1.82, 2.24) is 20.4 Å². The van der Waals surface area contributed by atoms with Crippen LogP contribution in [-0.4, -0.2) is 21.0 Å². The summed E-state index contributed by atoms with van der Waals surface area (Å²) in [6, 6.07) is 28.5. The van der Waals surface area contributed by atoms with Gasteiger partial charge in [-0.05, 0) is 17.5 Å². The van der Waals surface area contributed by atoms with Crippen molar-refractivity contribution in [3.63, 3.8) is 0 Å². The van der Waals surface area contributed by atoms with E-state index in [0.29, 0.717) is 17.3 Å². The van der Waals surface area contributed by atoms with Crippen LogP contribution in [0.1, 0.15) is 43.1 Å². The number of carbonyl (C=O) groups excluding carboxylic acids is 1. The van der Waals surface area contributed by atoms with Crippen LogP contribution in [0.5, 0.6) is 0 Å². The van der Waals surface area contributed by atoms with E-state index in [1.54, 1.807) is 0 Å². The molecule has 0 fully saturated rings. The molecule has 5 aromatic rings. The van der Waals surface area contributed by atoms with E-state index < -0.39 is 6.04 Å². The van der Waals surface area contributed by atoms with Crippen LogP contribution in [0.4, 0.5) is 0 Å². The average molecular weight is 463 g/mol. The van der Waals surface area contributed by atoms with Crippen LogP contribution in [0.25, 0.3) is 33.5 Å². The molecule has 6 nitrogen and oxygen atoms in total. The average Bonchev–Trinajstić information content (AvgIpc) is 3.36. The number of fused-ring (bicyclic) bond motifs is 1. The zero-order valence-electron chi connectivity index (χ0n) is 19.9. The molecule has 0 aliphatic rings. The van der Waals surface area contributed by atoms with Crippen molar-refractivity contribution in [2.45, 2.75) is 26.8 Å². The first-order valence-corrected chi connectivity index (χ1v) is 11.6. The summed E-state index contributed by atoms with van der Waals surface area (Å²) < 4.78 is 5.64.